The number of hydrogen-bond donors (Lipinski definition) is 1. The molecule has 7 rings (SSSR count). The number of hydrogen-bond acceptors (Lipinski definition) is 1. The fourth-order valence-electron chi connectivity index (χ4n) is 7.41. The van der Waals surface area contributed by atoms with Crippen LogP contribution in [-0.4, -0.2) is 8.31 Å². The van der Waals surface area contributed by atoms with Crippen LogP contribution in [0.1, 0.15) is 144 Å². The molecule has 7 aromatic carbocycles. The molecule has 2 heteroatoms. The second kappa shape index (κ2) is 20.4. The van der Waals surface area contributed by atoms with Gasteiger partial charge in [-0.1, -0.05) is 181 Å². The third-order valence-electron chi connectivity index (χ3n) is 11.2. The summed E-state index contributed by atoms with van der Waals surface area (Å²) < 4.78 is 1.51. The Bertz CT molecular complexity index is 2350. The Morgan fingerprint density at radius 1 is 0.475 bits per heavy atom. The summed E-state index contributed by atoms with van der Waals surface area (Å²) in [4.78, 5) is 0. The summed E-state index contributed by atoms with van der Waals surface area (Å²) in [6.45, 7) is 35.1. The molecule has 0 saturated heterocycles. The minimum absolute atomic E-state index is 0.00859. The molecule has 0 fully saturated rings. The normalized spacial score (nSPS) is 11.9. The third kappa shape index (κ3) is 13.7. The Morgan fingerprint density at radius 3 is 1.13 bits per heavy atom. The summed E-state index contributed by atoms with van der Waals surface area (Å²) in [7, 11) is 0. The third-order valence-corrected chi connectivity index (χ3v) is 11.2. The van der Waals surface area contributed by atoms with Crippen molar-refractivity contribution in [2.24, 2.45) is 0 Å². The Kier molecular flexibility index (Phi) is 16.5. The van der Waals surface area contributed by atoms with Crippen LogP contribution in [0.5, 0.6) is 5.75 Å². The molecule has 1 N–H and O–H groups in total. The van der Waals surface area contributed by atoms with Gasteiger partial charge < -0.3 is 5.11 Å². The first kappa shape index (κ1) is 49.5. The molecule has 0 heterocycles. The average Bonchev–Trinajstić information content (AvgIpc) is 3.81. The van der Waals surface area contributed by atoms with Crippen LogP contribution in [0.4, 0.5) is 0 Å². The van der Waals surface area contributed by atoms with Crippen molar-refractivity contribution >= 4 is 24.8 Å². The minimum atomic E-state index is -0.00859. The summed E-state index contributed by atoms with van der Waals surface area (Å²) in [6.07, 6.45) is 2.19. The molecule has 0 radical (unpaired) electrons. The predicted octanol–water partition coefficient (Wildman–Crippen LogP) is 16.9. The topological polar surface area (TPSA) is 20.2 Å². The summed E-state index contributed by atoms with van der Waals surface area (Å²) >= 11 is 1.55. The maximum absolute atomic E-state index is 9.84. The van der Waals surface area contributed by atoms with Gasteiger partial charge in [-0.25, -0.2) is 0 Å². The molecule has 61 heavy (non-hydrogen) atoms. The van der Waals surface area contributed by atoms with Crippen LogP contribution in [0.2, 0.25) is 0 Å². The maximum atomic E-state index is 9.84. The van der Waals surface area contributed by atoms with Gasteiger partial charge in [-0.05, 0) is 73.9 Å². The van der Waals surface area contributed by atoms with E-state index in [0.29, 0.717) is 5.75 Å². The fourth-order valence-corrected chi connectivity index (χ4v) is 7.41. The summed E-state index contributed by atoms with van der Waals surface area (Å²) in [5.74, 6) is 0.399. The molecule has 0 saturated carbocycles. The van der Waals surface area contributed by atoms with Crippen LogP contribution in [0.3, 0.4) is 0 Å². The van der Waals surface area contributed by atoms with Gasteiger partial charge in [0.2, 0.25) is 0 Å². The van der Waals surface area contributed by atoms with Crippen molar-refractivity contribution in [2.75, 3.05) is 0 Å². The standard InChI is InChI=1S/2C21H23.C14H22O.C3H6.Zr/c2*1-5-15-13-17-7-6-8-19(20(17)14-15)16-9-11-18(12-10-16)21(2,3)4;1-13(2,3)10-7-8-12(15)11(9-10)14(4,5)6;1-3-2;/h2*6-14H,5H2,1-4H3;7-9,15H,1-6H3;1-2H3;/q2*-1;;;+2. The quantitative estimate of drug-likeness (QED) is 0.175. The van der Waals surface area contributed by atoms with E-state index in [-0.39, 0.29) is 21.7 Å². The SMILES string of the molecule is CC(C)(C)c1ccc(O)c(C(C)(C)C)c1.CCc1cc2c(-c3ccc(C(C)(C)C)cc3)cccc2[cH-]1.CCc1cc2c(-c3ccc(C(C)(C)C)cc3)cccc2[cH-]1.C[C](C)=[Zr+2]. The van der Waals surface area contributed by atoms with E-state index in [2.05, 4.69) is 226 Å². The molecular weight excluding hydrogens is 816 g/mol. The molecule has 1 nitrogen and oxygen atoms in total. The van der Waals surface area contributed by atoms with Gasteiger partial charge in [-0.2, -0.15) is 12.1 Å². The van der Waals surface area contributed by atoms with E-state index in [4.69, 9.17) is 0 Å². The van der Waals surface area contributed by atoms with E-state index in [1.165, 1.54) is 74.8 Å². The molecule has 0 amide bonds. The molecule has 320 valence electrons. The summed E-state index contributed by atoms with van der Waals surface area (Å²) in [6, 6.07) is 46.5. The van der Waals surface area contributed by atoms with Crippen molar-refractivity contribution in [3.63, 3.8) is 0 Å². The van der Waals surface area contributed by atoms with E-state index < -0.39 is 0 Å². The first-order valence-electron chi connectivity index (χ1n) is 22.3. The molecule has 0 unspecified atom stereocenters. The van der Waals surface area contributed by atoms with Crippen molar-refractivity contribution < 1.29 is 29.3 Å². The summed E-state index contributed by atoms with van der Waals surface area (Å²) in [5, 5.41) is 15.3. The Balaban J connectivity index is 0.000000196. The van der Waals surface area contributed by atoms with Gasteiger partial charge in [0.15, 0.2) is 0 Å². The van der Waals surface area contributed by atoms with Crippen LogP contribution in [0.25, 0.3) is 43.8 Å². The number of benzene rings is 5. The fraction of sp³-hybridized carbons (Fsp3) is 0.373. The Labute approximate surface area is 385 Å². The van der Waals surface area contributed by atoms with Crippen LogP contribution >= 0.6 is 0 Å². The van der Waals surface area contributed by atoms with E-state index in [1.54, 1.807) is 30.3 Å². The van der Waals surface area contributed by atoms with E-state index in [9.17, 15) is 5.11 Å². The van der Waals surface area contributed by atoms with E-state index in [0.717, 1.165) is 18.4 Å². The van der Waals surface area contributed by atoms with Gasteiger partial charge in [-0.15, -0.1) is 69.1 Å². The first-order chi connectivity index (χ1) is 28.3. The summed E-state index contributed by atoms with van der Waals surface area (Å²) in [5.41, 5.74) is 13.7. The molecule has 0 aliphatic carbocycles. The number of rotatable bonds is 4. The molecule has 0 bridgehead atoms. The predicted molar refractivity (Wildman–Crippen MR) is 268 cm³/mol. The van der Waals surface area contributed by atoms with E-state index in [1.807, 2.05) is 6.07 Å². The molecule has 0 aliphatic heterocycles. The van der Waals surface area contributed by atoms with Gasteiger partial charge in [0.25, 0.3) is 0 Å². The van der Waals surface area contributed by atoms with Gasteiger partial charge in [-0.3, -0.25) is 0 Å². The second-order valence-electron chi connectivity index (χ2n) is 20.9. The second-order valence-corrected chi connectivity index (χ2v) is 23.4. The molecule has 0 atom stereocenters. The van der Waals surface area contributed by atoms with Crippen molar-refractivity contribution in [1.82, 2.24) is 0 Å². The van der Waals surface area contributed by atoms with Crippen LogP contribution < -0.4 is 0 Å². The average molecular weight is 890 g/mol. The monoisotopic (exact) mass is 888 g/mol. The molecular formula is C59H74OZr. The number of fused-ring (bicyclic) bond motifs is 2. The molecule has 7 aromatic rings. The Hall–Kier alpha value is -4.13. The first-order valence-corrected chi connectivity index (χ1v) is 23.5. The zero-order valence-corrected chi connectivity index (χ0v) is 42.9. The van der Waals surface area contributed by atoms with Crippen molar-refractivity contribution in [2.45, 2.75) is 145 Å². The molecule has 0 aromatic heterocycles. The van der Waals surface area contributed by atoms with Crippen LogP contribution in [0.15, 0.2) is 127 Å². The van der Waals surface area contributed by atoms with Crippen LogP contribution in [-0.2, 0) is 58.7 Å². The van der Waals surface area contributed by atoms with Crippen molar-refractivity contribution in [3.05, 3.63) is 161 Å². The van der Waals surface area contributed by atoms with Gasteiger partial charge in [0, 0.05) is 0 Å². The number of phenolic OH excluding ortho intramolecular Hbond substituents is 1. The van der Waals surface area contributed by atoms with Crippen LogP contribution in [0, 0.1) is 0 Å². The zero-order valence-electron chi connectivity index (χ0n) is 40.5. The van der Waals surface area contributed by atoms with E-state index >= 15 is 0 Å². The number of aryl methyl sites for hydroxylation is 2. The zero-order chi connectivity index (χ0) is 45.5. The number of phenols is 1. The van der Waals surface area contributed by atoms with Crippen molar-refractivity contribution in [1.29, 1.82) is 0 Å². The molecule has 0 aliphatic rings. The number of aromatic hydroxyl groups is 1. The Morgan fingerprint density at radius 2 is 0.820 bits per heavy atom. The van der Waals surface area contributed by atoms with Gasteiger partial charge >= 0.3 is 41.3 Å². The van der Waals surface area contributed by atoms with Crippen molar-refractivity contribution in [3.8, 4) is 28.0 Å². The van der Waals surface area contributed by atoms with Gasteiger partial charge in [0.05, 0.1) is 0 Å². The van der Waals surface area contributed by atoms with Gasteiger partial charge in [0.1, 0.15) is 5.75 Å². The molecule has 0 spiro atoms.